The van der Waals surface area contributed by atoms with Gasteiger partial charge in [0.05, 0.1) is 26.0 Å². The first-order valence-electron chi connectivity index (χ1n) is 12.8. The molecule has 0 unspecified atom stereocenters. The van der Waals surface area contributed by atoms with Crippen LogP contribution in [0.2, 0.25) is 0 Å². The molecule has 0 saturated carbocycles. The van der Waals surface area contributed by atoms with Gasteiger partial charge >= 0.3 is 6.09 Å². The van der Waals surface area contributed by atoms with Crippen molar-refractivity contribution < 1.29 is 27.8 Å². The van der Waals surface area contributed by atoms with Crippen molar-refractivity contribution in [3.63, 3.8) is 0 Å². The molecule has 9 nitrogen and oxygen atoms in total. The molecule has 0 aliphatic carbocycles. The highest BCUT2D eigenvalue weighted by Crippen LogP contribution is 2.47. The van der Waals surface area contributed by atoms with Gasteiger partial charge in [-0.05, 0) is 35.9 Å². The second kappa shape index (κ2) is 12.4. The molecular formula is C30H25F2N5O4S. The van der Waals surface area contributed by atoms with E-state index < -0.39 is 23.3 Å². The second-order valence-electron chi connectivity index (χ2n) is 9.48. The number of rotatable bonds is 6. The smallest absolute Gasteiger partial charge is 0.409 e. The Labute approximate surface area is 245 Å². The predicted octanol–water partition coefficient (Wildman–Crippen LogP) is 4.52. The summed E-state index contributed by atoms with van der Waals surface area (Å²) in [6.07, 6.45) is 8.24. The van der Waals surface area contributed by atoms with Crippen molar-refractivity contribution in [1.29, 1.82) is 0 Å². The molecule has 1 aromatic heterocycles. The maximum Gasteiger partial charge on any atom is 0.409 e. The lowest BCUT2D eigenvalue weighted by Crippen LogP contribution is -2.43. The Bertz CT molecular complexity index is 1590. The monoisotopic (exact) mass is 589 g/mol. The van der Waals surface area contributed by atoms with Gasteiger partial charge in [-0.1, -0.05) is 41.9 Å². The van der Waals surface area contributed by atoms with E-state index in [0.29, 0.717) is 22.0 Å². The van der Waals surface area contributed by atoms with E-state index in [4.69, 9.17) is 20.9 Å². The number of amides is 2. The lowest BCUT2D eigenvalue weighted by atomic mass is 9.81. The number of aromatic nitrogens is 2. The molecule has 1 N–H and O–H groups in total. The summed E-state index contributed by atoms with van der Waals surface area (Å²) in [6, 6.07) is 12.8. The van der Waals surface area contributed by atoms with E-state index >= 15 is 8.78 Å². The van der Waals surface area contributed by atoms with Crippen LogP contribution in [0.25, 0.3) is 11.9 Å². The Morgan fingerprint density at radius 3 is 2.76 bits per heavy atom. The van der Waals surface area contributed by atoms with Crippen LogP contribution in [0.5, 0.6) is 5.88 Å². The van der Waals surface area contributed by atoms with Gasteiger partial charge in [-0.25, -0.2) is 28.5 Å². The molecule has 0 radical (unpaired) electrons. The molecule has 2 aliphatic rings. The lowest BCUT2D eigenvalue weighted by molar-refractivity contribution is 0.0977. The molecule has 1 fully saturated rings. The van der Waals surface area contributed by atoms with Crippen LogP contribution >= 0.6 is 11.8 Å². The first-order chi connectivity index (χ1) is 20.3. The van der Waals surface area contributed by atoms with Gasteiger partial charge in [0.25, 0.3) is 5.91 Å². The van der Waals surface area contributed by atoms with E-state index in [9.17, 15) is 9.59 Å². The summed E-state index contributed by atoms with van der Waals surface area (Å²) < 4.78 is 40.9. The fourth-order valence-corrected chi connectivity index (χ4v) is 6.02. The molecular weight excluding hydrogens is 564 g/mol. The van der Waals surface area contributed by atoms with Crippen LogP contribution in [-0.4, -0.2) is 64.6 Å². The van der Waals surface area contributed by atoms with Crippen LogP contribution < -0.4 is 10.1 Å². The highest BCUT2D eigenvalue weighted by molar-refractivity contribution is 8.13. The number of thioether (sulfide) groups is 1. The van der Waals surface area contributed by atoms with Gasteiger partial charge in [0.2, 0.25) is 5.88 Å². The number of amidine groups is 1. The third kappa shape index (κ3) is 5.96. The number of terminal acetylenes is 1. The third-order valence-electron chi connectivity index (χ3n) is 6.89. The molecule has 0 bridgehead atoms. The molecule has 1 saturated heterocycles. The van der Waals surface area contributed by atoms with Gasteiger partial charge in [-0.3, -0.25) is 4.79 Å². The third-order valence-corrected chi connectivity index (χ3v) is 7.92. The van der Waals surface area contributed by atoms with E-state index in [1.54, 1.807) is 30.3 Å². The summed E-state index contributed by atoms with van der Waals surface area (Å²) in [5.74, 6) is 0.936. The summed E-state index contributed by atoms with van der Waals surface area (Å²) >= 11 is 1.31. The molecule has 3 aromatic rings. The fraction of sp³-hybridized carbons (Fsp3) is 0.233. The van der Waals surface area contributed by atoms with Gasteiger partial charge in [0, 0.05) is 29.3 Å². The number of carbonyl (C=O) groups is 2. The quantitative estimate of drug-likeness (QED) is 0.422. The van der Waals surface area contributed by atoms with Crippen LogP contribution in [0.3, 0.4) is 0 Å². The number of likely N-dealkylation sites (tertiary alicyclic amines) is 1. The maximum atomic E-state index is 15.6. The number of fused-ring (bicyclic) bond motifs is 1. The Kier molecular flexibility index (Phi) is 8.49. The first kappa shape index (κ1) is 28.8. The van der Waals surface area contributed by atoms with Crippen molar-refractivity contribution in [2.45, 2.75) is 5.54 Å². The first-order valence-corrected chi connectivity index (χ1v) is 13.8. The zero-order valence-corrected chi connectivity index (χ0v) is 23.2. The molecule has 2 atom stereocenters. The number of hydrogen-bond acceptors (Lipinski definition) is 8. The SMILES string of the molecule is C#CCOc1cnc(/C(F)=C/c2ccc(F)c([C@]34CN(C(=O)OC)C[C@H]3CSC(NC(=O)c3ccccc3)=N4)c2)cn1. The van der Waals surface area contributed by atoms with Crippen molar-refractivity contribution >= 4 is 40.8 Å². The molecule has 2 aliphatic heterocycles. The molecule has 2 aromatic carbocycles. The number of nitrogens with one attached hydrogen (secondary N) is 1. The van der Waals surface area contributed by atoms with Crippen molar-refractivity contribution in [3.05, 3.63) is 89.1 Å². The Morgan fingerprint density at radius 2 is 2.05 bits per heavy atom. The molecule has 214 valence electrons. The molecule has 3 heterocycles. The highest BCUT2D eigenvalue weighted by Gasteiger charge is 2.53. The van der Waals surface area contributed by atoms with E-state index in [1.807, 2.05) is 0 Å². The number of nitrogens with zero attached hydrogens (tertiary/aromatic N) is 4. The zero-order chi connectivity index (χ0) is 29.7. The molecule has 12 heteroatoms. The van der Waals surface area contributed by atoms with E-state index in [-0.39, 0.29) is 48.7 Å². The minimum absolute atomic E-state index is 0.000502. The fourth-order valence-electron chi connectivity index (χ4n) is 4.88. The standard InChI is InChI=1S/C30H25F2N5O4S/c1-3-11-41-26-15-33-25(14-34-26)24(32)13-19-9-10-23(31)22(12-19)30-18-37(29(39)40-2)16-21(30)17-42-28(36-30)35-27(38)20-7-5-4-6-8-20/h1,4-10,12-15,21H,11,16-18H2,2H3,(H,35,36,38)/b24-13-/t21-,30-/m0/s1. The number of hydrogen-bond donors (Lipinski definition) is 1. The normalized spacial score (nSPS) is 19.8. The second-order valence-corrected chi connectivity index (χ2v) is 10.5. The molecule has 42 heavy (non-hydrogen) atoms. The van der Waals surface area contributed by atoms with Crippen molar-refractivity contribution in [3.8, 4) is 18.2 Å². The van der Waals surface area contributed by atoms with E-state index in [1.165, 1.54) is 60.4 Å². The summed E-state index contributed by atoms with van der Waals surface area (Å²) in [5, 5.41) is 3.11. The summed E-state index contributed by atoms with van der Waals surface area (Å²) in [4.78, 5) is 39.7. The van der Waals surface area contributed by atoms with Gasteiger partial charge < -0.3 is 19.7 Å². The largest absolute Gasteiger partial charge is 0.463 e. The Morgan fingerprint density at radius 1 is 1.24 bits per heavy atom. The minimum Gasteiger partial charge on any atom is -0.463 e. The summed E-state index contributed by atoms with van der Waals surface area (Å²) in [5.41, 5.74) is -0.366. The van der Waals surface area contributed by atoms with E-state index in [2.05, 4.69) is 21.2 Å². The van der Waals surface area contributed by atoms with Crippen LogP contribution in [-0.2, 0) is 10.3 Å². The van der Waals surface area contributed by atoms with Crippen molar-refractivity contribution in [2.75, 3.05) is 32.6 Å². The van der Waals surface area contributed by atoms with Crippen molar-refractivity contribution in [2.24, 2.45) is 10.9 Å². The zero-order valence-electron chi connectivity index (χ0n) is 22.4. The average molecular weight is 590 g/mol. The Hall–Kier alpha value is -4.76. The lowest BCUT2D eigenvalue weighted by Gasteiger charge is -2.35. The molecule has 2 amide bonds. The topological polar surface area (TPSA) is 106 Å². The summed E-state index contributed by atoms with van der Waals surface area (Å²) in [6.45, 7) is 0.271. The average Bonchev–Trinajstić information content (AvgIpc) is 3.41. The number of halogens is 2. The van der Waals surface area contributed by atoms with E-state index in [0.717, 1.165) is 0 Å². The van der Waals surface area contributed by atoms with Gasteiger partial charge in [0.15, 0.2) is 17.6 Å². The molecule has 5 rings (SSSR count). The van der Waals surface area contributed by atoms with Crippen LogP contribution in [0.1, 0.15) is 27.2 Å². The van der Waals surface area contributed by atoms with Crippen LogP contribution in [0.15, 0.2) is 65.9 Å². The number of carbonyl (C=O) groups excluding carboxylic acids is 2. The number of benzene rings is 2. The highest BCUT2D eigenvalue weighted by atomic mass is 32.2. The Balaban J connectivity index is 1.50. The maximum absolute atomic E-state index is 15.6. The van der Waals surface area contributed by atoms with Gasteiger partial charge in [-0.15, -0.1) is 6.42 Å². The van der Waals surface area contributed by atoms with Gasteiger partial charge in [-0.2, -0.15) is 0 Å². The molecule has 0 spiro atoms. The van der Waals surface area contributed by atoms with Crippen LogP contribution in [0, 0.1) is 24.1 Å². The minimum atomic E-state index is -1.25. The van der Waals surface area contributed by atoms with Gasteiger partial charge in [0.1, 0.15) is 17.1 Å². The predicted molar refractivity (Wildman–Crippen MR) is 155 cm³/mol. The number of ether oxygens (including phenoxy) is 2. The number of methoxy groups -OCH3 is 1. The number of aliphatic imine (C=N–C) groups is 1. The summed E-state index contributed by atoms with van der Waals surface area (Å²) in [7, 11) is 1.27. The van der Waals surface area contributed by atoms with Crippen LogP contribution in [0.4, 0.5) is 13.6 Å². The van der Waals surface area contributed by atoms with Crippen molar-refractivity contribution in [1.82, 2.24) is 20.2 Å².